The predicted molar refractivity (Wildman–Crippen MR) is 128 cm³/mol. The molecule has 34 heavy (non-hydrogen) atoms. The van der Waals surface area contributed by atoms with Gasteiger partial charge in [-0.2, -0.15) is 5.10 Å². The number of benzene rings is 2. The van der Waals surface area contributed by atoms with Crippen molar-refractivity contribution in [2.24, 2.45) is 0 Å². The van der Waals surface area contributed by atoms with Gasteiger partial charge in [-0.1, -0.05) is 11.6 Å². The second-order valence-electron chi connectivity index (χ2n) is 8.65. The van der Waals surface area contributed by atoms with E-state index in [-0.39, 0.29) is 22.9 Å². The summed E-state index contributed by atoms with van der Waals surface area (Å²) in [4.78, 5) is 37.4. The van der Waals surface area contributed by atoms with Crippen molar-refractivity contribution >= 4 is 22.8 Å². The van der Waals surface area contributed by atoms with E-state index in [4.69, 9.17) is 0 Å². The lowest BCUT2D eigenvalue weighted by Gasteiger charge is -2.28. The lowest BCUT2D eigenvalue weighted by molar-refractivity contribution is 0.0705. The van der Waals surface area contributed by atoms with Gasteiger partial charge in [0.2, 0.25) is 5.95 Å². The van der Waals surface area contributed by atoms with Gasteiger partial charge in [-0.25, -0.2) is 14.1 Å². The number of H-pyrrole nitrogens is 1. The molecule has 9 heteroatoms. The highest BCUT2D eigenvalue weighted by molar-refractivity contribution is 5.98. The fraction of sp³-hybridized carbons (Fsp3) is 0.280. The summed E-state index contributed by atoms with van der Waals surface area (Å²) >= 11 is 0. The second kappa shape index (κ2) is 8.74. The van der Waals surface area contributed by atoms with Gasteiger partial charge in [-0.05, 0) is 56.7 Å². The molecule has 174 valence electrons. The van der Waals surface area contributed by atoms with Gasteiger partial charge in [-0.15, -0.1) is 0 Å². The summed E-state index contributed by atoms with van der Waals surface area (Å²) in [5.74, 6) is -0.103. The van der Waals surface area contributed by atoms with Crippen LogP contribution in [0.5, 0.6) is 0 Å². The second-order valence-corrected chi connectivity index (χ2v) is 8.65. The molecular weight excluding hydrogens is 435 g/mol. The minimum absolute atomic E-state index is 0.00948. The standard InChI is InChI=1S/C25H25FN6O2/c1-16-4-7-22(32-10-3-9-27-32)20(14-16)24(34)31-13-12-30(11-8-17(31)2)25-28-21-6-5-18(26)15-19(21)23(33)29-25/h3-7,9-10,14-15,17H,8,11-13H2,1-2H3,(H,28,29,33). The highest BCUT2D eigenvalue weighted by atomic mass is 19.1. The van der Waals surface area contributed by atoms with Crippen molar-refractivity contribution < 1.29 is 9.18 Å². The highest BCUT2D eigenvalue weighted by Gasteiger charge is 2.28. The number of nitrogens with zero attached hydrogens (tertiary/aromatic N) is 5. The Balaban J connectivity index is 1.43. The first-order chi connectivity index (χ1) is 16.4. The van der Waals surface area contributed by atoms with Crippen LogP contribution in [0.25, 0.3) is 16.6 Å². The van der Waals surface area contributed by atoms with Gasteiger partial charge in [0, 0.05) is 38.1 Å². The molecule has 1 aliphatic rings. The molecule has 3 heterocycles. The first kappa shape index (κ1) is 21.8. The fourth-order valence-corrected chi connectivity index (χ4v) is 4.41. The summed E-state index contributed by atoms with van der Waals surface area (Å²) < 4.78 is 15.2. The normalized spacial score (nSPS) is 16.6. The number of aryl methyl sites for hydroxylation is 1. The number of halogens is 1. The van der Waals surface area contributed by atoms with Gasteiger partial charge in [-0.3, -0.25) is 14.6 Å². The molecule has 0 aliphatic carbocycles. The third kappa shape index (κ3) is 4.05. The molecule has 1 fully saturated rings. The Morgan fingerprint density at radius 1 is 1.15 bits per heavy atom. The van der Waals surface area contributed by atoms with Crippen LogP contribution in [-0.2, 0) is 0 Å². The minimum atomic E-state index is -0.476. The molecule has 1 amide bonds. The molecule has 4 aromatic rings. The molecule has 1 aliphatic heterocycles. The van der Waals surface area contributed by atoms with Gasteiger partial charge in [0.25, 0.3) is 11.5 Å². The molecule has 0 bridgehead atoms. The maximum atomic E-state index is 13.7. The van der Waals surface area contributed by atoms with Crippen LogP contribution in [-0.4, -0.2) is 56.2 Å². The molecule has 1 N–H and O–H groups in total. The van der Waals surface area contributed by atoms with Gasteiger partial charge in [0.15, 0.2) is 0 Å². The van der Waals surface area contributed by atoms with Crippen LogP contribution in [0.4, 0.5) is 10.3 Å². The Morgan fingerprint density at radius 2 is 2.00 bits per heavy atom. The molecule has 2 aromatic carbocycles. The zero-order valence-electron chi connectivity index (χ0n) is 19.0. The van der Waals surface area contributed by atoms with E-state index >= 15 is 0 Å². The highest BCUT2D eigenvalue weighted by Crippen LogP contribution is 2.23. The number of hydrogen-bond acceptors (Lipinski definition) is 5. The Hall–Kier alpha value is -4.01. The summed E-state index contributed by atoms with van der Waals surface area (Å²) in [6, 6.07) is 11.6. The average Bonchev–Trinajstić information content (AvgIpc) is 3.28. The molecule has 8 nitrogen and oxygen atoms in total. The lowest BCUT2D eigenvalue weighted by Crippen LogP contribution is -2.40. The van der Waals surface area contributed by atoms with Crippen LogP contribution in [0.1, 0.15) is 29.3 Å². The molecule has 1 atom stereocenters. The summed E-state index contributed by atoms with van der Waals surface area (Å²) in [5.41, 5.74) is 2.39. The van der Waals surface area contributed by atoms with Crippen LogP contribution in [0, 0.1) is 12.7 Å². The monoisotopic (exact) mass is 460 g/mol. The number of amides is 1. The third-order valence-corrected chi connectivity index (χ3v) is 6.31. The van der Waals surface area contributed by atoms with Crippen LogP contribution >= 0.6 is 0 Å². The number of aromatic nitrogens is 4. The lowest BCUT2D eigenvalue weighted by atomic mass is 10.1. The third-order valence-electron chi connectivity index (χ3n) is 6.31. The van der Waals surface area contributed by atoms with Crippen molar-refractivity contribution in [3.8, 4) is 5.69 Å². The summed E-state index contributed by atoms with van der Waals surface area (Å²) in [5, 5.41) is 4.52. The first-order valence-corrected chi connectivity index (χ1v) is 11.3. The number of aromatic amines is 1. The number of rotatable bonds is 3. The number of nitrogens with one attached hydrogen (secondary N) is 1. The van der Waals surface area contributed by atoms with Crippen molar-refractivity contribution in [2.75, 3.05) is 24.5 Å². The maximum Gasteiger partial charge on any atom is 0.260 e. The SMILES string of the molecule is Cc1ccc(-n2cccn2)c(C(=O)N2CCN(c3nc4ccc(F)cc4c(=O)[nH]3)CCC2C)c1. The largest absolute Gasteiger partial charge is 0.340 e. The fourth-order valence-electron chi connectivity index (χ4n) is 4.41. The van der Waals surface area contributed by atoms with E-state index in [9.17, 15) is 14.0 Å². The minimum Gasteiger partial charge on any atom is -0.340 e. The van der Waals surface area contributed by atoms with E-state index < -0.39 is 5.82 Å². The Labute approximate surface area is 195 Å². The van der Waals surface area contributed by atoms with Gasteiger partial charge >= 0.3 is 0 Å². The summed E-state index contributed by atoms with van der Waals surface area (Å²) in [6.45, 7) is 5.60. The summed E-state index contributed by atoms with van der Waals surface area (Å²) in [6.07, 6.45) is 4.22. The number of hydrogen-bond donors (Lipinski definition) is 1. The van der Waals surface area contributed by atoms with E-state index in [1.807, 2.05) is 54.1 Å². The van der Waals surface area contributed by atoms with Crippen molar-refractivity contribution in [1.29, 1.82) is 0 Å². The predicted octanol–water partition coefficient (Wildman–Crippen LogP) is 3.30. The van der Waals surface area contributed by atoms with Crippen molar-refractivity contribution in [3.05, 3.63) is 82.2 Å². The number of carbonyl (C=O) groups is 1. The Kier molecular flexibility index (Phi) is 5.61. The van der Waals surface area contributed by atoms with Crippen LogP contribution in [0.3, 0.4) is 0 Å². The van der Waals surface area contributed by atoms with E-state index in [1.54, 1.807) is 10.9 Å². The van der Waals surface area contributed by atoms with Crippen molar-refractivity contribution in [2.45, 2.75) is 26.3 Å². The van der Waals surface area contributed by atoms with Crippen LogP contribution in [0.2, 0.25) is 0 Å². The Bertz CT molecular complexity index is 1410. The molecule has 1 saturated heterocycles. The number of carbonyl (C=O) groups excluding carboxylic acids is 1. The molecular formula is C25H25FN6O2. The number of fused-ring (bicyclic) bond motifs is 1. The summed E-state index contributed by atoms with van der Waals surface area (Å²) in [7, 11) is 0. The van der Waals surface area contributed by atoms with Crippen LogP contribution < -0.4 is 10.5 Å². The van der Waals surface area contributed by atoms with Gasteiger partial charge in [0.05, 0.1) is 22.2 Å². The molecule has 1 unspecified atom stereocenters. The number of anilines is 1. The van der Waals surface area contributed by atoms with Crippen molar-refractivity contribution in [3.63, 3.8) is 0 Å². The molecule has 0 spiro atoms. The van der Waals surface area contributed by atoms with Gasteiger partial charge in [0.1, 0.15) is 5.82 Å². The topological polar surface area (TPSA) is 87.1 Å². The van der Waals surface area contributed by atoms with E-state index in [0.29, 0.717) is 43.1 Å². The molecule has 2 aromatic heterocycles. The molecule has 5 rings (SSSR count). The quantitative estimate of drug-likeness (QED) is 0.507. The van der Waals surface area contributed by atoms with E-state index in [1.165, 1.54) is 18.2 Å². The molecule has 0 radical (unpaired) electrons. The van der Waals surface area contributed by atoms with E-state index in [0.717, 1.165) is 11.3 Å². The van der Waals surface area contributed by atoms with Crippen molar-refractivity contribution in [1.82, 2.24) is 24.6 Å². The first-order valence-electron chi connectivity index (χ1n) is 11.3. The van der Waals surface area contributed by atoms with Crippen LogP contribution in [0.15, 0.2) is 59.7 Å². The smallest absolute Gasteiger partial charge is 0.260 e. The zero-order chi connectivity index (χ0) is 23.8. The Morgan fingerprint density at radius 3 is 2.79 bits per heavy atom. The van der Waals surface area contributed by atoms with E-state index in [2.05, 4.69) is 15.1 Å². The van der Waals surface area contributed by atoms with Gasteiger partial charge < -0.3 is 9.80 Å². The molecule has 0 saturated carbocycles. The maximum absolute atomic E-state index is 13.7. The zero-order valence-corrected chi connectivity index (χ0v) is 19.0. The average molecular weight is 461 g/mol.